The van der Waals surface area contributed by atoms with Crippen LogP contribution in [0.5, 0.6) is 11.6 Å². The summed E-state index contributed by atoms with van der Waals surface area (Å²) < 4.78 is 6.04. The van der Waals surface area contributed by atoms with Crippen LogP contribution in [0.15, 0.2) is 73.3 Å². The second-order valence-corrected chi connectivity index (χ2v) is 6.11. The van der Waals surface area contributed by atoms with Gasteiger partial charge in [-0.2, -0.15) is 0 Å². The van der Waals surface area contributed by atoms with Gasteiger partial charge in [0.1, 0.15) is 17.1 Å². The monoisotopic (exact) mass is 368 g/mol. The lowest BCUT2D eigenvalue weighted by atomic mass is 10.1. The molecule has 0 spiro atoms. The fraction of sp³-hybridized carbons (Fsp3) is 0.0455. The number of benzene rings is 1. The van der Waals surface area contributed by atoms with E-state index in [4.69, 9.17) is 4.74 Å². The van der Waals surface area contributed by atoms with Crippen LogP contribution in [0.25, 0.3) is 22.4 Å². The molecule has 1 aromatic carbocycles. The van der Waals surface area contributed by atoms with E-state index >= 15 is 0 Å². The highest BCUT2D eigenvalue weighted by molar-refractivity contribution is 5.76. The van der Waals surface area contributed by atoms with E-state index in [-0.39, 0.29) is 0 Å². The molecule has 3 aromatic heterocycles. The highest BCUT2D eigenvalue weighted by Gasteiger charge is 2.11. The Bertz CT molecular complexity index is 1140. The van der Waals surface area contributed by atoms with Gasteiger partial charge in [-0.1, -0.05) is 12.1 Å². The minimum Gasteiger partial charge on any atom is -0.437 e. The van der Waals surface area contributed by atoms with Crippen LogP contribution in [-0.4, -0.2) is 26.2 Å². The van der Waals surface area contributed by atoms with E-state index in [1.165, 1.54) is 0 Å². The molecule has 0 atom stereocenters. The minimum atomic E-state index is 0.382. The molecule has 0 saturated carbocycles. The molecule has 4 aromatic rings. The van der Waals surface area contributed by atoms with Crippen LogP contribution >= 0.6 is 0 Å². The molecule has 136 valence electrons. The minimum absolute atomic E-state index is 0.382. The molecule has 0 radical (unpaired) electrons. The molecule has 6 heteroatoms. The first-order valence-electron chi connectivity index (χ1n) is 8.66. The molecule has 3 heterocycles. The van der Waals surface area contributed by atoms with Crippen molar-refractivity contribution in [3.05, 3.63) is 84.7 Å². The number of pyridine rings is 2. The first kappa shape index (κ1) is 17.5. The predicted octanol–water partition coefficient (Wildman–Crippen LogP) is 4.51. The van der Waals surface area contributed by atoms with E-state index in [9.17, 15) is 4.79 Å². The van der Waals surface area contributed by atoms with Crippen molar-refractivity contribution in [3.8, 4) is 34.0 Å². The Balaban J connectivity index is 1.68. The van der Waals surface area contributed by atoms with Crippen molar-refractivity contribution in [3.63, 3.8) is 0 Å². The van der Waals surface area contributed by atoms with Gasteiger partial charge in [0.15, 0.2) is 6.29 Å². The van der Waals surface area contributed by atoms with Crippen molar-refractivity contribution in [2.75, 3.05) is 0 Å². The Morgan fingerprint density at radius 3 is 2.43 bits per heavy atom. The van der Waals surface area contributed by atoms with Gasteiger partial charge in [0.25, 0.3) is 0 Å². The molecule has 0 fully saturated rings. The van der Waals surface area contributed by atoms with Crippen LogP contribution in [-0.2, 0) is 0 Å². The smallest absolute Gasteiger partial charge is 0.246 e. The third kappa shape index (κ3) is 3.76. The fourth-order valence-corrected chi connectivity index (χ4v) is 2.83. The number of aryl methyl sites for hydroxylation is 1. The highest BCUT2D eigenvalue weighted by atomic mass is 16.5. The van der Waals surface area contributed by atoms with Gasteiger partial charge in [-0.3, -0.25) is 14.8 Å². The normalized spacial score (nSPS) is 10.5. The number of carbonyl (C=O) groups is 1. The average Bonchev–Trinajstić information content (AvgIpc) is 2.74. The summed E-state index contributed by atoms with van der Waals surface area (Å²) in [5.74, 6) is 1.03. The molecule has 0 saturated heterocycles. The maximum absolute atomic E-state index is 11.0. The third-order valence-corrected chi connectivity index (χ3v) is 4.12. The van der Waals surface area contributed by atoms with E-state index < -0.39 is 0 Å². The summed E-state index contributed by atoms with van der Waals surface area (Å²) in [5, 5.41) is 0. The Hall–Kier alpha value is -3.93. The Labute approximate surface area is 161 Å². The molecular formula is C22H16N4O2. The molecule has 0 bridgehead atoms. The van der Waals surface area contributed by atoms with Gasteiger partial charge < -0.3 is 4.74 Å². The largest absolute Gasteiger partial charge is 0.437 e. The molecule has 6 nitrogen and oxygen atoms in total. The number of hydrogen-bond donors (Lipinski definition) is 0. The van der Waals surface area contributed by atoms with E-state index in [0.717, 1.165) is 28.7 Å². The van der Waals surface area contributed by atoms with Crippen molar-refractivity contribution in [1.29, 1.82) is 0 Å². The lowest BCUT2D eigenvalue weighted by Gasteiger charge is -2.10. The number of nitrogens with zero attached hydrogens (tertiary/aromatic N) is 4. The number of hydrogen-bond acceptors (Lipinski definition) is 6. The molecule has 0 aliphatic rings. The quantitative estimate of drug-likeness (QED) is 0.482. The van der Waals surface area contributed by atoms with Crippen LogP contribution in [0, 0.1) is 6.92 Å². The summed E-state index contributed by atoms with van der Waals surface area (Å²) >= 11 is 0. The van der Waals surface area contributed by atoms with Crippen molar-refractivity contribution < 1.29 is 9.53 Å². The Morgan fingerprint density at radius 1 is 0.786 bits per heavy atom. The first-order chi connectivity index (χ1) is 13.7. The van der Waals surface area contributed by atoms with E-state index in [0.29, 0.717) is 23.0 Å². The van der Waals surface area contributed by atoms with Crippen LogP contribution in [0.4, 0.5) is 0 Å². The van der Waals surface area contributed by atoms with Crippen LogP contribution in [0.1, 0.15) is 16.2 Å². The van der Waals surface area contributed by atoms with Crippen molar-refractivity contribution in [2.24, 2.45) is 0 Å². The Kier molecular flexibility index (Phi) is 4.84. The second kappa shape index (κ2) is 7.75. The van der Waals surface area contributed by atoms with E-state index in [1.54, 1.807) is 30.9 Å². The van der Waals surface area contributed by atoms with Crippen molar-refractivity contribution in [1.82, 2.24) is 19.9 Å². The fourth-order valence-electron chi connectivity index (χ4n) is 2.83. The van der Waals surface area contributed by atoms with Crippen molar-refractivity contribution in [2.45, 2.75) is 6.92 Å². The van der Waals surface area contributed by atoms with E-state index in [1.807, 2.05) is 49.4 Å². The number of aromatic nitrogens is 4. The van der Waals surface area contributed by atoms with Gasteiger partial charge in [-0.25, -0.2) is 9.97 Å². The summed E-state index contributed by atoms with van der Waals surface area (Å²) in [7, 11) is 0. The zero-order valence-corrected chi connectivity index (χ0v) is 15.1. The van der Waals surface area contributed by atoms with Gasteiger partial charge in [0.05, 0.1) is 0 Å². The molecule has 0 amide bonds. The number of aldehydes is 1. The van der Waals surface area contributed by atoms with Crippen LogP contribution in [0.2, 0.25) is 0 Å². The average molecular weight is 368 g/mol. The van der Waals surface area contributed by atoms with Gasteiger partial charge in [-0.05, 0) is 54.4 Å². The summed E-state index contributed by atoms with van der Waals surface area (Å²) in [6.07, 6.45) is 7.30. The molecule has 0 N–H and O–H groups in total. The number of carbonyl (C=O) groups excluding carboxylic acids is 1. The maximum Gasteiger partial charge on any atom is 0.246 e. The summed E-state index contributed by atoms with van der Waals surface area (Å²) in [6.45, 7) is 1.92. The van der Waals surface area contributed by atoms with Gasteiger partial charge in [-0.15, -0.1) is 0 Å². The lowest BCUT2D eigenvalue weighted by Crippen LogP contribution is -1.95. The summed E-state index contributed by atoms with van der Waals surface area (Å²) in [5.41, 5.74) is 4.59. The van der Waals surface area contributed by atoms with Gasteiger partial charge >= 0.3 is 0 Å². The summed E-state index contributed by atoms with van der Waals surface area (Å²) in [4.78, 5) is 28.0. The van der Waals surface area contributed by atoms with Crippen LogP contribution in [0.3, 0.4) is 0 Å². The molecule has 28 heavy (non-hydrogen) atoms. The van der Waals surface area contributed by atoms with Crippen molar-refractivity contribution >= 4 is 6.29 Å². The molecule has 0 aliphatic carbocycles. The first-order valence-corrected chi connectivity index (χ1v) is 8.66. The molecular weight excluding hydrogens is 352 g/mol. The molecule has 4 rings (SSSR count). The molecule has 0 unspecified atom stereocenters. The summed E-state index contributed by atoms with van der Waals surface area (Å²) in [6, 6.07) is 15.0. The van der Waals surface area contributed by atoms with E-state index in [2.05, 4.69) is 19.9 Å². The van der Waals surface area contributed by atoms with Gasteiger partial charge in [0.2, 0.25) is 5.88 Å². The second-order valence-electron chi connectivity index (χ2n) is 6.11. The molecule has 0 aliphatic heterocycles. The topological polar surface area (TPSA) is 77.9 Å². The van der Waals surface area contributed by atoms with Crippen LogP contribution < -0.4 is 4.74 Å². The third-order valence-electron chi connectivity index (χ3n) is 4.12. The SMILES string of the molecule is Cc1cc(-c2nccnc2Oc2cccc(-c3ccnc(C=O)c3)c2)ccn1. The zero-order valence-electron chi connectivity index (χ0n) is 15.1. The zero-order chi connectivity index (χ0) is 19.3. The predicted molar refractivity (Wildman–Crippen MR) is 105 cm³/mol. The highest BCUT2D eigenvalue weighted by Crippen LogP contribution is 2.31. The number of rotatable bonds is 5. The standard InChI is InChI=1S/C22H16N4O2/c1-15-11-18(6-7-23-15)21-22(26-10-9-25-21)28-20-4-2-3-16(13-20)17-5-8-24-19(12-17)14-27/h2-14H,1H3. The number of ether oxygens (including phenoxy) is 1. The van der Waals surface area contributed by atoms with Gasteiger partial charge in [0, 0.05) is 36.0 Å². The Morgan fingerprint density at radius 2 is 1.57 bits per heavy atom. The maximum atomic E-state index is 11.0. The lowest BCUT2D eigenvalue weighted by molar-refractivity contribution is 0.111.